The molecule has 0 saturated heterocycles. The van der Waals surface area contributed by atoms with Gasteiger partial charge in [0.15, 0.2) is 5.96 Å². The lowest BCUT2D eigenvalue weighted by atomic mass is 10.2. The van der Waals surface area contributed by atoms with Gasteiger partial charge in [0, 0.05) is 48.3 Å². The summed E-state index contributed by atoms with van der Waals surface area (Å²) in [6.45, 7) is 13.2. The number of rotatable bonds is 9. The Morgan fingerprint density at radius 3 is 2.54 bits per heavy atom. The van der Waals surface area contributed by atoms with Gasteiger partial charge in [0.05, 0.1) is 6.54 Å². The number of thiophene rings is 1. The van der Waals surface area contributed by atoms with Crippen LogP contribution < -0.4 is 10.6 Å². The third-order valence-corrected chi connectivity index (χ3v) is 4.77. The molecule has 0 bridgehead atoms. The van der Waals surface area contributed by atoms with Gasteiger partial charge >= 0.3 is 0 Å². The first-order valence-electron chi connectivity index (χ1n) is 8.88. The fourth-order valence-corrected chi connectivity index (χ4v) is 3.52. The molecule has 24 heavy (non-hydrogen) atoms. The van der Waals surface area contributed by atoms with E-state index in [-0.39, 0.29) is 5.91 Å². The molecule has 2 N–H and O–H groups in total. The Hall–Kier alpha value is -1.56. The van der Waals surface area contributed by atoms with E-state index >= 15 is 0 Å². The van der Waals surface area contributed by atoms with Gasteiger partial charge in [-0.3, -0.25) is 9.79 Å². The number of nitrogens with one attached hydrogen (secondary N) is 2. The number of hydrogen-bond acceptors (Lipinski definition) is 3. The molecule has 0 aromatic carbocycles. The normalized spacial score (nSPS) is 12.8. The number of aliphatic imine (C=N–C) groups is 1. The average molecular weight is 353 g/mol. The van der Waals surface area contributed by atoms with Crippen LogP contribution in [0.3, 0.4) is 0 Å². The highest BCUT2D eigenvalue weighted by atomic mass is 32.1. The predicted molar refractivity (Wildman–Crippen MR) is 104 cm³/mol. The van der Waals surface area contributed by atoms with Gasteiger partial charge in [-0.25, -0.2) is 0 Å². The third kappa shape index (κ3) is 7.34. The zero-order valence-corrected chi connectivity index (χ0v) is 16.5. The predicted octanol–water partition coefficient (Wildman–Crippen LogP) is 2.80. The van der Waals surface area contributed by atoms with Crippen molar-refractivity contribution in [3.05, 3.63) is 21.9 Å². The first kappa shape index (κ1) is 20.5. The van der Waals surface area contributed by atoms with E-state index in [1.807, 2.05) is 37.0 Å². The number of carbonyl (C=O) groups excluding carboxylic acids is 1. The highest BCUT2D eigenvalue weighted by Crippen LogP contribution is 2.16. The van der Waals surface area contributed by atoms with Crippen molar-refractivity contribution < 1.29 is 4.79 Å². The monoisotopic (exact) mass is 352 g/mol. The second kappa shape index (κ2) is 11.1. The minimum Gasteiger partial charge on any atom is -0.357 e. The Labute approximate surface area is 150 Å². The van der Waals surface area contributed by atoms with Crippen molar-refractivity contribution in [2.24, 2.45) is 4.99 Å². The van der Waals surface area contributed by atoms with Gasteiger partial charge in [-0.15, -0.1) is 11.3 Å². The van der Waals surface area contributed by atoms with E-state index in [4.69, 9.17) is 0 Å². The SMILES string of the molecule is CCNC(=NCCC(=O)N(CC)CC)NC(C)Cc1ccc(C)s1. The summed E-state index contributed by atoms with van der Waals surface area (Å²) in [7, 11) is 0. The van der Waals surface area contributed by atoms with E-state index in [2.05, 4.69) is 41.6 Å². The maximum absolute atomic E-state index is 12.0. The second-order valence-electron chi connectivity index (χ2n) is 5.84. The number of amides is 1. The van der Waals surface area contributed by atoms with Gasteiger partial charge in [0.2, 0.25) is 5.91 Å². The maximum atomic E-state index is 12.0. The molecule has 1 atom stereocenters. The molecule has 0 radical (unpaired) electrons. The van der Waals surface area contributed by atoms with Crippen molar-refractivity contribution in [3.63, 3.8) is 0 Å². The average Bonchev–Trinajstić information content (AvgIpc) is 2.93. The Balaban J connectivity index is 2.50. The summed E-state index contributed by atoms with van der Waals surface area (Å²) in [6.07, 6.45) is 1.43. The minimum atomic E-state index is 0.168. The van der Waals surface area contributed by atoms with E-state index in [1.54, 1.807) is 0 Å². The summed E-state index contributed by atoms with van der Waals surface area (Å²) in [4.78, 5) is 21.1. The maximum Gasteiger partial charge on any atom is 0.224 e. The van der Waals surface area contributed by atoms with Gasteiger partial charge in [0.25, 0.3) is 0 Å². The molecule has 1 unspecified atom stereocenters. The number of nitrogens with zero attached hydrogens (tertiary/aromatic N) is 2. The number of carbonyl (C=O) groups is 1. The quantitative estimate of drug-likeness (QED) is 0.531. The summed E-state index contributed by atoms with van der Waals surface area (Å²) in [6, 6.07) is 4.63. The highest BCUT2D eigenvalue weighted by Gasteiger charge is 2.10. The Bertz CT molecular complexity index is 523. The molecule has 1 rings (SSSR count). The molecule has 136 valence electrons. The Kier molecular flexibility index (Phi) is 9.45. The van der Waals surface area contributed by atoms with Crippen LogP contribution in [0.1, 0.15) is 43.9 Å². The largest absolute Gasteiger partial charge is 0.357 e. The van der Waals surface area contributed by atoms with Crippen molar-refractivity contribution in [3.8, 4) is 0 Å². The van der Waals surface area contributed by atoms with Crippen molar-refractivity contribution in [1.29, 1.82) is 0 Å². The topological polar surface area (TPSA) is 56.7 Å². The summed E-state index contributed by atoms with van der Waals surface area (Å²) < 4.78 is 0. The highest BCUT2D eigenvalue weighted by molar-refractivity contribution is 7.11. The van der Waals surface area contributed by atoms with E-state index in [9.17, 15) is 4.79 Å². The van der Waals surface area contributed by atoms with Crippen molar-refractivity contribution in [1.82, 2.24) is 15.5 Å². The molecular formula is C18H32N4OS. The summed E-state index contributed by atoms with van der Waals surface area (Å²) >= 11 is 1.84. The summed E-state index contributed by atoms with van der Waals surface area (Å²) in [5.74, 6) is 0.951. The number of aryl methyl sites for hydroxylation is 1. The molecule has 1 aromatic rings. The lowest BCUT2D eigenvalue weighted by Gasteiger charge is -2.19. The number of hydrogen-bond donors (Lipinski definition) is 2. The fourth-order valence-electron chi connectivity index (χ4n) is 2.50. The molecule has 0 aliphatic carbocycles. The van der Waals surface area contributed by atoms with Crippen LogP contribution in [0.2, 0.25) is 0 Å². The molecule has 0 saturated carbocycles. The van der Waals surface area contributed by atoms with Crippen molar-refractivity contribution in [2.75, 3.05) is 26.2 Å². The summed E-state index contributed by atoms with van der Waals surface area (Å²) in [5, 5.41) is 6.68. The zero-order valence-electron chi connectivity index (χ0n) is 15.7. The van der Waals surface area contributed by atoms with Crippen LogP contribution in [0, 0.1) is 6.92 Å². The molecule has 6 heteroatoms. The lowest BCUT2D eigenvalue weighted by Crippen LogP contribution is -2.43. The fraction of sp³-hybridized carbons (Fsp3) is 0.667. The van der Waals surface area contributed by atoms with Crippen LogP contribution in [0.15, 0.2) is 17.1 Å². The zero-order chi connectivity index (χ0) is 17.9. The third-order valence-electron chi connectivity index (χ3n) is 3.74. The van der Waals surface area contributed by atoms with Crippen LogP contribution in [-0.2, 0) is 11.2 Å². The first-order valence-corrected chi connectivity index (χ1v) is 9.69. The molecule has 0 aliphatic heterocycles. The van der Waals surface area contributed by atoms with Crippen LogP contribution in [-0.4, -0.2) is 49.0 Å². The van der Waals surface area contributed by atoms with Gasteiger partial charge in [-0.1, -0.05) is 0 Å². The van der Waals surface area contributed by atoms with Gasteiger partial charge in [-0.2, -0.15) is 0 Å². The Morgan fingerprint density at radius 2 is 2.00 bits per heavy atom. The smallest absolute Gasteiger partial charge is 0.224 e. The van der Waals surface area contributed by atoms with E-state index < -0.39 is 0 Å². The van der Waals surface area contributed by atoms with E-state index in [0.717, 1.165) is 32.0 Å². The van der Waals surface area contributed by atoms with Crippen LogP contribution in [0.5, 0.6) is 0 Å². The lowest BCUT2D eigenvalue weighted by molar-refractivity contribution is -0.130. The molecule has 1 heterocycles. The van der Waals surface area contributed by atoms with Crippen LogP contribution in [0.25, 0.3) is 0 Å². The minimum absolute atomic E-state index is 0.168. The van der Waals surface area contributed by atoms with Crippen molar-refractivity contribution in [2.45, 2.75) is 53.5 Å². The molecule has 0 spiro atoms. The molecule has 0 aliphatic rings. The van der Waals surface area contributed by atoms with E-state index in [0.29, 0.717) is 19.0 Å². The van der Waals surface area contributed by atoms with E-state index in [1.165, 1.54) is 9.75 Å². The number of guanidine groups is 1. The van der Waals surface area contributed by atoms with Gasteiger partial charge in [-0.05, 0) is 46.8 Å². The van der Waals surface area contributed by atoms with Gasteiger partial charge in [0.1, 0.15) is 0 Å². The van der Waals surface area contributed by atoms with Crippen LogP contribution in [0.4, 0.5) is 0 Å². The molecule has 0 fully saturated rings. The molecule has 1 amide bonds. The molecular weight excluding hydrogens is 320 g/mol. The molecule has 1 aromatic heterocycles. The molecule has 5 nitrogen and oxygen atoms in total. The Morgan fingerprint density at radius 1 is 1.29 bits per heavy atom. The second-order valence-corrected chi connectivity index (χ2v) is 7.21. The van der Waals surface area contributed by atoms with Crippen molar-refractivity contribution >= 4 is 23.2 Å². The standard InChI is InChI=1S/C18H32N4OS/c1-6-19-18(20-12-11-17(23)22(7-2)8-3)21-14(4)13-16-10-9-15(5)24-16/h9-10,14H,6-8,11-13H2,1-5H3,(H2,19,20,21). The first-order chi connectivity index (χ1) is 11.5. The summed E-state index contributed by atoms with van der Waals surface area (Å²) in [5.41, 5.74) is 0. The van der Waals surface area contributed by atoms with Gasteiger partial charge < -0.3 is 15.5 Å². The van der Waals surface area contributed by atoms with Crippen LogP contribution >= 0.6 is 11.3 Å².